The zero-order valence-corrected chi connectivity index (χ0v) is 15.9. The minimum absolute atomic E-state index is 0.271. The smallest absolute Gasteiger partial charge is 0.332 e. The van der Waals surface area contributed by atoms with Gasteiger partial charge in [-0.3, -0.25) is 19.4 Å². The van der Waals surface area contributed by atoms with Gasteiger partial charge in [-0.25, -0.2) is 4.79 Å². The van der Waals surface area contributed by atoms with E-state index < -0.39 is 23.9 Å². The Morgan fingerprint density at radius 1 is 1.15 bits per heavy atom. The van der Waals surface area contributed by atoms with Crippen molar-refractivity contribution in [3.63, 3.8) is 0 Å². The Balaban J connectivity index is 1.65. The van der Waals surface area contributed by atoms with Crippen molar-refractivity contribution < 1.29 is 14.4 Å². The van der Waals surface area contributed by atoms with Crippen molar-refractivity contribution >= 4 is 35.1 Å². The Bertz CT molecular complexity index is 882. The fourth-order valence-electron chi connectivity index (χ4n) is 2.96. The van der Waals surface area contributed by atoms with E-state index in [9.17, 15) is 14.4 Å². The molecule has 27 heavy (non-hydrogen) atoms. The molecule has 6 nitrogen and oxygen atoms in total. The lowest BCUT2D eigenvalue weighted by Gasteiger charge is -2.19. The van der Waals surface area contributed by atoms with Crippen LogP contribution in [-0.2, 0) is 16.1 Å². The summed E-state index contributed by atoms with van der Waals surface area (Å²) in [4.78, 5) is 39.8. The van der Waals surface area contributed by atoms with E-state index in [0.717, 1.165) is 16.0 Å². The molecule has 0 aromatic heterocycles. The summed E-state index contributed by atoms with van der Waals surface area (Å²) in [5.74, 6) is -0.798. The summed E-state index contributed by atoms with van der Waals surface area (Å²) < 4.78 is 0. The monoisotopic (exact) mass is 385 g/mol. The molecule has 1 atom stereocenters. The van der Waals surface area contributed by atoms with Crippen LogP contribution in [0, 0.1) is 6.92 Å². The molecule has 0 radical (unpaired) electrons. The average Bonchev–Trinajstić information content (AvgIpc) is 2.85. The molecule has 0 saturated carbocycles. The highest BCUT2D eigenvalue weighted by Crippen LogP contribution is 2.25. The van der Waals surface area contributed by atoms with Gasteiger partial charge < -0.3 is 5.32 Å². The summed E-state index contributed by atoms with van der Waals surface area (Å²) in [5, 5.41) is 3.29. The molecular formula is C20H20ClN3O3. The van der Waals surface area contributed by atoms with E-state index in [1.54, 1.807) is 37.3 Å². The fourth-order valence-corrected chi connectivity index (χ4v) is 3.17. The molecule has 0 bridgehead atoms. The molecule has 0 spiro atoms. The summed E-state index contributed by atoms with van der Waals surface area (Å²) >= 11 is 5.92. The van der Waals surface area contributed by atoms with Crippen LogP contribution in [0.25, 0.3) is 0 Å². The van der Waals surface area contributed by atoms with Gasteiger partial charge in [-0.15, -0.1) is 0 Å². The van der Waals surface area contributed by atoms with Gasteiger partial charge in [0.25, 0.3) is 5.91 Å². The Morgan fingerprint density at radius 3 is 2.52 bits per heavy atom. The molecule has 1 unspecified atom stereocenters. The van der Waals surface area contributed by atoms with Crippen molar-refractivity contribution in [2.24, 2.45) is 0 Å². The van der Waals surface area contributed by atoms with Crippen LogP contribution in [0.5, 0.6) is 0 Å². The maximum absolute atomic E-state index is 12.7. The first kappa shape index (κ1) is 18.9. The van der Waals surface area contributed by atoms with Gasteiger partial charge in [0.2, 0.25) is 5.91 Å². The molecule has 1 heterocycles. The lowest BCUT2D eigenvalue weighted by atomic mass is 10.2. The molecular weight excluding hydrogens is 366 g/mol. The second-order valence-electron chi connectivity index (χ2n) is 6.50. The predicted molar refractivity (Wildman–Crippen MR) is 104 cm³/mol. The number of aryl methyl sites for hydroxylation is 1. The van der Waals surface area contributed by atoms with Crippen LogP contribution < -0.4 is 10.2 Å². The number of benzene rings is 2. The summed E-state index contributed by atoms with van der Waals surface area (Å²) in [7, 11) is 0. The maximum atomic E-state index is 12.7. The molecule has 1 aliphatic rings. The number of amides is 4. The van der Waals surface area contributed by atoms with E-state index in [-0.39, 0.29) is 13.1 Å². The SMILES string of the molecule is Cc1ccc(N2C(=O)N(CC(=O)NCc3cccc(Cl)c3)C(=O)C2C)cc1. The molecule has 1 fully saturated rings. The van der Waals surface area contributed by atoms with Crippen molar-refractivity contribution in [3.8, 4) is 0 Å². The maximum Gasteiger partial charge on any atom is 0.332 e. The number of carbonyl (C=O) groups excluding carboxylic acids is 3. The number of nitrogens with one attached hydrogen (secondary N) is 1. The van der Waals surface area contributed by atoms with Crippen molar-refractivity contribution in [2.75, 3.05) is 11.4 Å². The van der Waals surface area contributed by atoms with Crippen molar-refractivity contribution in [1.29, 1.82) is 0 Å². The number of halogens is 1. The molecule has 1 N–H and O–H groups in total. The highest BCUT2D eigenvalue weighted by Gasteiger charge is 2.43. The summed E-state index contributed by atoms with van der Waals surface area (Å²) in [6, 6.07) is 13.3. The van der Waals surface area contributed by atoms with Crippen molar-refractivity contribution in [1.82, 2.24) is 10.2 Å². The number of urea groups is 1. The second kappa shape index (κ2) is 7.80. The largest absolute Gasteiger partial charge is 0.350 e. The molecule has 2 aromatic rings. The van der Waals surface area contributed by atoms with E-state index in [4.69, 9.17) is 11.6 Å². The van der Waals surface area contributed by atoms with E-state index in [2.05, 4.69) is 5.32 Å². The quantitative estimate of drug-likeness (QED) is 0.804. The van der Waals surface area contributed by atoms with Gasteiger partial charge in [-0.1, -0.05) is 41.4 Å². The summed E-state index contributed by atoms with van der Waals surface area (Å²) in [6.45, 7) is 3.56. The molecule has 1 saturated heterocycles. The van der Waals surface area contributed by atoms with Gasteiger partial charge in [-0.05, 0) is 43.7 Å². The predicted octanol–water partition coefficient (Wildman–Crippen LogP) is 3.12. The topological polar surface area (TPSA) is 69.7 Å². The minimum Gasteiger partial charge on any atom is -0.350 e. The molecule has 3 rings (SSSR count). The van der Waals surface area contributed by atoms with Crippen LogP contribution in [0.15, 0.2) is 48.5 Å². The summed E-state index contributed by atoms with van der Waals surface area (Å²) in [6.07, 6.45) is 0. The number of nitrogens with zero attached hydrogens (tertiary/aromatic N) is 2. The van der Waals surface area contributed by atoms with Gasteiger partial charge in [0.05, 0.1) is 0 Å². The molecule has 4 amide bonds. The molecule has 2 aromatic carbocycles. The zero-order valence-electron chi connectivity index (χ0n) is 15.1. The van der Waals surface area contributed by atoms with Gasteiger partial charge >= 0.3 is 6.03 Å². The Hall–Kier alpha value is -2.86. The fraction of sp³-hybridized carbons (Fsp3) is 0.250. The number of anilines is 1. The minimum atomic E-state index is -0.652. The van der Waals surface area contributed by atoms with Crippen LogP contribution >= 0.6 is 11.6 Å². The summed E-state index contributed by atoms with van der Waals surface area (Å²) in [5.41, 5.74) is 2.53. The highest BCUT2D eigenvalue weighted by atomic mass is 35.5. The van der Waals surface area contributed by atoms with E-state index in [1.807, 2.05) is 25.1 Å². The lowest BCUT2D eigenvalue weighted by Crippen LogP contribution is -2.41. The van der Waals surface area contributed by atoms with Gasteiger partial charge in [0.15, 0.2) is 0 Å². The van der Waals surface area contributed by atoms with Crippen LogP contribution in [0.2, 0.25) is 5.02 Å². The van der Waals surface area contributed by atoms with Gasteiger partial charge in [0, 0.05) is 17.3 Å². The normalized spacial score (nSPS) is 16.8. The molecule has 7 heteroatoms. The van der Waals surface area contributed by atoms with E-state index in [1.165, 1.54) is 4.90 Å². The van der Waals surface area contributed by atoms with E-state index in [0.29, 0.717) is 10.7 Å². The first-order valence-electron chi connectivity index (χ1n) is 8.59. The number of rotatable bonds is 5. The van der Waals surface area contributed by atoms with Crippen LogP contribution in [-0.4, -0.2) is 35.3 Å². The first-order valence-corrected chi connectivity index (χ1v) is 8.97. The second-order valence-corrected chi connectivity index (χ2v) is 6.93. The zero-order chi connectivity index (χ0) is 19.6. The third kappa shape index (κ3) is 4.11. The van der Waals surface area contributed by atoms with Crippen molar-refractivity contribution in [3.05, 3.63) is 64.7 Å². The number of hydrogen-bond donors (Lipinski definition) is 1. The van der Waals surface area contributed by atoms with E-state index >= 15 is 0 Å². The molecule has 1 aliphatic heterocycles. The standard InChI is InChI=1S/C20H20ClN3O3/c1-13-6-8-17(9-7-13)24-14(2)19(26)23(20(24)27)12-18(25)22-11-15-4-3-5-16(21)10-15/h3-10,14H,11-12H2,1-2H3,(H,22,25). The lowest BCUT2D eigenvalue weighted by molar-refractivity contribution is -0.131. The van der Waals surface area contributed by atoms with Gasteiger partial charge in [0.1, 0.15) is 12.6 Å². The number of carbonyl (C=O) groups is 3. The van der Waals surface area contributed by atoms with Crippen LogP contribution in [0.1, 0.15) is 18.1 Å². The molecule has 140 valence electrons. The Kier molecular flexibility index (Phi) is 5.46. The third-order valence-electron chi connectivity index (χ3n) is 4.44. The average molecular weight is 386 g/mol. The van der Waals surface area contributed by atoms with Gasteiger partial charge in [-0.2, -0.15) is 0 Å². The number of hydrogen-bond acceptors (Lipinski definition) is 3. The van der Waals surface area contributed by atoms with Crippen LogP contribution in [0.3, 0.4) is 0 Å². The Morgan fingerprint density at radius 2 is 1.85 bits per heavy atom. The van der Waals surface area contributed by atoms with Crippen molar-refractivity contribution in [2.45, 2.75) is 26.4 Å². The number of imide groups is 1. The molecule has 0 aliphatic carbocycles. The highest BCUT2D eigenvalue weighted by molar-refractivity contribution is 6.30. The first-order chi connectivity index (χ1) is 12.9. The third-order valence-corrected chi connectivity index (χ3v) is 4.68. The Labute approximate surface area is 162 Å². The van der Waals surface area contributed by atoms with Crippen LogP contribution in [0.4, 0.5) is 10.5 Å².